The van der Waals surface area contributed by atoms with E-state index in [1.54, 1.807) is 0 Å². The van der Waals surface area contributed by atoms with Crippen LogP contribution in [0.5, 0.6) is 0 Å². The normalized spacial score (nSPS) is 32.5. The fraction of sp³-hybridized carbons (Fsp3) is 0.846. The number of carbonyl (C=O) groups is 2. The van der Waals surface area contributed by atoms with Crippen LogP contribution in [0.25, 0.3) is 0 Å². The predicted molar refractivity (Wildman–Crippen MR) is 69.1 cm³/mol. The van der Waals surface area contributed by atoms with E-state index in [2.05, 4.69) is 4.74 Å². The highest BCUT2D eigenvalue weighted by atomic mass is 16.7. The second-order valence-corrected chi connectivity index (χ2v) is 4.72. The molecule has 0 spiro atoms. The van der Waals surface area contributed by atoms with Crippen LogP contribution in [0, 0.1) is 0 Å². The molecular weight excluding hydrogens is 284 g/mol. The summed E-state index contributed by atoms with van der Waals surface area (Å²) in [6.45, 7) is 3.41. The van der Waals surface area contributed by atoms with Gasteiger partial charge in [0.15, 0.2) is 18.5 Å². The van der Waals surface area contributed by atoms with Gasteiger partial charge in [-0.25, -0.2) is 4.79 Å². The lowest BCUT2D eigenvalue weighted by atomic mass is 9.98. The van der Waals surface area contributed by atoms with Crippen LogP contribution < -0.4 is 0 Å². The van der Waals surface area contributed by atoms with Crippen molar-refractivity contribution in [3.63, 3.8) is 0 Å². The van der Waals surface area contributed by atoms with Crippen molar-refractivity contribution in [1.82, 2.24) is 0 Å². The molecule has 0 radical (unpaired) electrons. The number of aliphatic hydroxyl groups excluding tert-OH is 2. The summed E-state index contributed by atoms with van der Waals surface area (Å²) in [7, 11) is 1.13. The van der Waals surface area contributed by atoms with Crippen LogP contribution >= 0.6 is 0 Å². The lowest BCUT2D eigenvalue weighted by Crippen LogP contribution is -2.61. The highest BCUT2D eigenvalue weighted by Crippen LogP contribution is 2.26. The monoisotopic (exact) mass is 306 g/mol. The van der Waals surface area contributed by atoms with Gasteiger partial charge in [-0.15, -0.1) is 0 Å². The maximum atomic E-state index is 11.5. The van der Waals surface area contributed by atoms with Gasteiger partial charge >= 0.3 is 11.9 Å². The van der Waals surface area contributed by atoms with Crippen LogP contribution in [-0.2, 0) is 28.5 Å². The molecular formula is C13H22O8. The highest BCUT2D eigenvalue weighted by Gasteiger charge is 2.50. The highest BCUT2D eigenvalue weighted by molar-refractivity contribution is 5.75. The minimum absolute atomic E-state index is 0.288. The largest absolute Gasteiger partial charge is 0.467 e. The molecule has 0 bridgehead atoms. The molecule has 2 unspecified atom stereocenters. The summed E-state index contributed by atoms with van der Waals surface area (Å²) in [5.41, 5.74) is 0. The molecule has 0 aromatic heterocycles. The lowest BCUT2D eigenvalue weighted by Gasteiger charge is -2.40. The van der Waals surface area contributed by atoms with Gasteiger partial charge in [0.1, 0.15) is 12.2 Å². The third-order valence-corrected chi connectivity index (χ3v) is 3.08. The Balaban J connectivity index is 2.87. The Hall–Kier alpha value is -1.22. The number of methoxy groups -OCH3 is 1. The Labute approximate surface area is 122 Å². The Bertz CT molecular complexity index is 358. The first-order chi connectivity index (χ1) is 9.92. The fourth-order valence-corrected chi connectivity index (χ4v) is 2.02. The van der Waals surface area contributed by atoms with Crippen LogP contribution in [-0.4, -0.2) is 66.6 Å². The minimum atomic E-state index is -1.59. The molecule has 1 saturated heterocycles. The topological polar surface area (TPSA) is 112 Å². The van der Waals surface area contributed by atoms with Crippen molar-refractivity contribution < 1.29 is 38.7 Å². The van der Waals surface area contributed by atoms with Gasteiger partial charge in [0.2, 0.25) is 0 Å². The molecule has 1 aliphatic rings. The van der Waals surface area contributed by atoms with E-state index in [4.69, 9.17) is 14.2 Å². The molecule has 1 rings (SSSR count). The molecule has 8 heteroatoms. The zero-order chi connectivity index (χ0) is 16.0. The predicted octanol–water partition coefficient (Wildman–Crippen LogP) is -0.645. The summed E-state index contributed by atoms with van der Waals surface area (Å²) in [6, 6.07) is 0. The average Bonchev–Trinajstić information content (AvgIpc) is 2.44. The molecule has 0 saturated carbocycles. The number of hydrogen-bond donors (Lipinski definition) is 2. The number of hydrogen-bond acceptors (Lipinski definition) is 8. The van der Waals surface area contributed by atoms with Crippen LogP contribution in [0.2, 0.25) is 0 Å². The van der Waals surface area contributed by atoms with Crippen molar-refractivity contribution >= 4 is 11.9 Å². The summed E-state index contributed by atoms with van der Waals surface area (Å²) in [4.78, 5) is 22.6. The number of rotatable bonds is 6. The van der Waals surface area contributed by atoms with E-state index in [1.807, 2.05) is 6.92 Å². The fourth-order valence-electron chi connectivity index (χ4n) is 2.02. The van der Waals surface area contributed by atoms with E-state index in [-0.39, 0.29) is 6.61 Å². The molecule has 0 aliphatic carbocycles. The van der Waals surface area contributed by atoms with Crippen molar-refractivity contribution in [2.24, 2.45) is 0 Å². The zero-order valence-corrected chi connectivity index (χ0v) is 12.4. The second-order valence-electron chi connectivity index (χ2n) is 4.72. The van der Waals surface area contributed by atoms with Gasteiger partial charge in [-0.3, -0.25) is 4.79 Å². The first-order valence-corrected chi connectivity index (χ1v) is 6.80. The van der Waals surface area contributed by atoms with E-state index in [1.165, 1.54) is 0 Å². The number of unbranched alkanes of at least 4 members (excludes halogenated alkanes) is 1. The molecule has 1 heterocycles. The van der Waals surface area contributed by atoms with Crippen LogP contribution in [0.1, 0.15) is 26.7 Å². The summed E-state index contributed by atoms with van der Waals surface area (Å²) >= 11 is 0. The average molecular weight is 306 g/mol. The van der Waals surface area contributed by atoms with Gasteiger partial charge in [0.05, 0.1) is 7.11 Å². The van der Waals surface area contributed by atoms with Crippen LogP contribution in [0.15, 0.2) is 0 Å². The molecule has 5 atom stereocenters. The lowest BCUT2D eigenvalue weighted by molar-refractivity contribution is -0.291. The maximum absolute atomic E-state index is 11.5. The number of aliphatic hydroxyl groups is 2. The van der Waals surface area contributed by atoms with Gasteiger partial charge < -0.3 is 29.2 Å². The summed E-state index contributed by atoms with van der Waals surface area (Å²) in [5, 5.41) is 20.1. The molecule has 122 valence electrons. The standard InChI is InChI=1S/C13H22O8/c1-4-5-6-19-9-8(15)10(12(16)18-3)21-13(17)11(9)20-7(2)14/h8-11,13,15,17H,4-6H2,1-3H3/t8-,9?,10+,11-,13?/m0/s1. The van der Waals surface area contributed by atoms with E-state index < -0.39 is 42.6 Å². The van der Waals surface area contributed by atoms with Gasteiger partial charge in [-0.1, -0.05) is 13.3 Å². The summed E-state index contributed by atoms with van der Waals surface area (Å²) < 4.78 is 19.9. The van der Waals surface area contributed by atoms with Gasteiger partial charge in [-0.2, -0.15) is 0 Å². The molecule has 8 nitrogen and oxygen atoms in total. The molecule has 0 aromatic rings. The van der Waals surface area contributed by atoms with Gasteiger partial charge in [0, 0.05) is 13.5 Å². The van der Waals surface area contributed by atoms with Crippen molar-refractivity contribution in [3.05, 3.63) is 0 Å². The molecule has 1 fully saturated rings. The number of carbonyl (C=O) groups excluding carboxylic acids is 2. The van der Waals surface area contributed by atoms with Crippen LogP contribution in [0.3, 0.4) is 0 Å². The summed E-state index contributed by atoms with van der Waals surface area (Å²) in [6.07, 6.45) is -5.11. The van der Waals surface area contributed by atoms with E-state index in [0.29, 0.717) is 0 Å². The zero-order valence-electron chi connectivity index (χ0n) is 12.4. The van der Waals surface area contributed by atoms with E-state index >= 15 is 0 Å². The second kappa shape index (κ2) is 8.28. The molecule has 2 N–H and O–H groups in total. The van der Waals surface area contributed by atoms with Gasteiger partial charge in [0.25, 0.3) is 0 Å². The van der Waals surface area contributed by atoms with E-state index in [0.717, 1.165) is 26.9 Å². The summed E-state index contributed by atoms with van der Waals surface area (Å²) in [5.74, 6) is -1.50. The quantitative estimate of drug-likeness (QED) is 0.492. The first-order valence-electron chi connectivity index (χ1n) is 6.80. The Morgan fingerprint density at radius 2 is 1.90 bits per heavy atom. The Morgan fingerprint density at radius 3 is 2.43 bits per heavy atom. The SMILES string of the molecule is CCCCOC1[C@H](OC(C)=O)C(O)O[C@@H](C(=O)OC)[C@H]1O. The molecule has 0 amide bonds. The van der Waals surface area contributed by atoms with Crippen molar-refractivity contribution in [3.8, 4) is 0 Å². The van der Waals surface area contributed by atoms with Crippen LogP contribution in [0.4, 0.5) is 0 Å². The van der Waals surface area contributed by atoms with Crippen molar-refractivity contribution in [1.29, 1.82) is 0 Å². The van der Waals surface area contributed by atoms with Crippen molar-refractivity contribution in [2.75, 3.05) is 13.7 Å². The Morgan fingerprint density at radius 1 is 1.24 bits per heavy atom. The Kier molecular flexibility index (Phi) is 7.03. The molecule has 21 heavy (non-hydrogen) atoms. The number of ether oxygens (including phenoxy) is 4. The first kappa shape index (κ1) is 17.8. The van der Waals surface area contributed by atoms with Crippen molar-refractivity contribution in [2.45, 2.75) is 57.4 Å². The minimum Gasteiger partial charge on any atom is -0.467 e. The number of esters is 2. The smallest absolute Gasteiger partial charge is 0.337 e. The third-order valence-electron chi connectivity index (χ3n) is 3.08. The molecule has 0 aromatic carbocycles. The van der Waals surface area contributed by atoms with Gasteiger partial charge in [-0.05, 0) is 6.42 Å². The maximum Gasteiger partial charge on any atom is 0.337 e. The van der Waals surface area contributed by atoms with E-state index in [9.17, 15) is 19.8 Å². The third kappa shape index (κ3) is 4.63. The molecule has 1 aliphatic heterocycles.